The zero-order chi connectivity index (χ0) is 24.2. The second kappa shape index (κ2) is 10.0. The molecule has 1 aromatic rings. The summed E-state index contributed by atoms with van der Waals surface area (Å²) in [4.78, 5) is 65.7. The second-order valence-electron chi connectivity index (χ2n) is 8.17. The van der Waals surface area contributed by atoms with Crippen LogP contribution in [0.25, 0.3) is 0 Å². The Bertz CT molecular complexity index is 961. The van der Waals surface area contributed by atoms with Gasteiger partial charge in [-0.1, -0.05) is 12.1 Å². The average Bonchev–Trinajstić information content (AvgIpc) is 3.13. The van der Waals surface area contributed by atoms with Crippen molar-refractivity contribution in [2.45, 2.75) is 58.2 Å². The summed E-state index contributed by atoms with van der Waals surface area (Å²) in [6.07, 6.45) is 0.695. The number of carbonyl (C=O) groups excluding carboxylic acids is 5. The maximum atomic E-state index is 13.4. The molecule has 0 aromatic heterocycles. The van der Waals surface area contributed by atoms with Crippen LogP contribution in [-0.2, 0) is 28.7 Å². The Balaban J connectivity index is 1.72. The lowest BCUT2D eigenvalue weighted by molar-refractivity contribution is -0.161. The summed E-state index contributed by atoms with van der Waals surface area (Å²) < 4.78 is 10.1. The van der Waals surface area contributed by atoms with Crippen LogP contribution in [0.4, 0.5) is 5.69 Å². The molecule has 1 saturated heterocycles. The molecule has 0 spiro atoms. The number of esters is 2. The molecule has 33 heavy (non-hydrogen) atoms. The van der Waals surface area contributed by atoms with Crippen molar-refractivity contribution in [3.63, 3.8) is 0 Å². The molecule has 0 aliphatic carbocycles. The zero-order valence-corrected chi connectivity index (χ0v) is 19.1. The summed E-state index contributed by atoms with van der Waals surface area (Å²) >= 11 is 0. The largest absolute Gasteiger partial charge is 0.466 e. The minimum absolute atomic E-state index is 0.0694. The topological polar surface area (TPSA) is 122 Å². The van der Waals surface area contributed by atoms with Gasteiger partial charge in [0.25, 0.3) is 11.8 Å². The maximum absolute atomic E-state index is 13.4. The molecule has 1 N–H and O–H groups in total. The van der Waals surface area contributed by atoms with Crippen LogP contribution in [0.2, 0.25) is 0 Å². The standard InChI is InChI=1S/C23H29N3O7/c1-4-32-20(29)10-7-13-24-18(27)14-33-22(31)23-12-11-19(28)26(23)17-9-6-5-8-16(17)21(30)25(23)15(2)3/h5-6,8-9,15H,4,7,10-14H2,1-3H3,(H,24,27). The van der Waals surface area contributed by atoms with E-state index in [1.165, 1.54) is 9.80 Å². The molecule has 178 valence electrons. The molecule has 2 heterocycles. The number of anilines is 1. The number of hydrogen-bond donors (Lipinski definition) is 1. The molecular weight excluding hydrogens is 430 g/mol. The van der Waals surface area contributed by atoms with Crippen molar-refractivity contribution in [2.75, 3.05) is 24.7 Å². The van der Waals surface area contributed by atoms with Crippen molar-refractivity contribution in [2.24, 2.45) is 0 Å². The number of hydrogen-bond acceptors (Lipinski definition) is 7. The predicted octanol–water partition coefficient (Wildman–Crippen LogP) is 1.38. The van der Waals surface area contributed by atoms with Crippen LogP contribution in [0.15, 0.2) is 24.3 Å². The molecule has 2 aliphatic rings. The van der Waals surface area contributed by atoms with Crippen LogP contribution in [0.1, 0.15) is 56.8 Å². The SMILES string of the molecule is CCOC(=O)CCCNC(=O)COC(=O)C12CCC(=O)N1c1ccccc1C(=O)N2C(C)C. The summed E-state index contributed by atoms with van der Waals surface area (Å²) in [5, 5.41) is 2.58. The number of fused-ring (bicyclic) bond motifs is 3. The zero-order valence-electron chi connectivity index (χ0n) is 19.1. The lowest BCUT2D eigenvalue weighted by Crippen LogP contribution is -2.70. The number of ether oxygens (including phenoxy) is 2. The average molecular weight is 459 g/mol. The van der Waals surface area contributed by atoms with Gasteiger partial charge in [-0.3, -0.25) is 24.1 Å². The number of amides is 3. The minimum Gasteiger partial charge on any atom is -0.466 e. The first kappa shape index (κ1) is 24.2. The van der Waals surface area contributed by atoms with Crippen molar-refractivity contribution in [3.05, 3.63) is 29.8 Å². The minimum atomic E-state index is -1.64. The van der Waals surface area contributed by atoms with Crippen LogP contribution in [-0.4, -0.2) is 66.0 Å². The molecule has 1 unspecified atom stereocenters. The molecule has 3 amide bonds. The number of carbonyl (C=O) groups is 5. The van der Waals surface area contributed by atoms with Gasteiger partial charge < -0.3 is 19.7 Å². The Hall–Kier alpha value is -3.43. The molecule has 10 nitrogen and oxygen atoms in total. The predicted molar refractivity (Wildman–Crippen MR) is 117 cm³/mol. The molecule has 0 bridgehead atoms. The summed E-state index contributed by atoms with van der Waals surface area (Å²) in [6.45, 7) is 5.18. The normalized spacial score (nSPS) is 19.3. The highest BCUT2D eigenvalue weighted by Gasteiger charge is 2.62. The highest BCUT2D eigenvalue weighted by atomic mass is 16.5. The van der Waals surface area contributed by atoms with Crippen molar-refractivity contribution in [1.29, 1.82) is 0 Å². The van der Waals surface area contributed by atoms with Gasteiger partial charge in [-0.2, -0.15) is 0 Å². The lowest BCUT2D eigenvalue weighted by atomic mass is 9.95. The molecule has 3 rings (SSSR count). The first-order valence-electron chi connectivity index (χ1n) is 11.1. The van der Waals surface area contributed by atoms with E-state index in [1.807, 2.05) is 0 Å². The molecule has 0 radical (unpaired) electrons. The summed E-state index contributed by atoms with van der Waals surface area (Å²) in [5.41, 5.74) is -0.938. The van der Waals surface area contributed by atoms with E-state index < -0.39 is 30.2 Å². The Morgan fingerprint density at radius 1 is 1.15 bits per heavy atom. The van der Waals surface area contributed by atoms with Crippen LogP contribution in [0.5, 0.6) is 0 Å². The third-order valence-corrected chi connectivity index (χ3v) is 5.66. The van der Waals surface area contributed by atoms with Crippen LogP contribution in [0.3, 0.4) is 0 Å². The van der Waals surface area contributed by atoms with E-state index in [1.54, 1.807) is 45.0 Å². The Morgan fingerprint density at radius 3 is 2.58 bits per heavy atom. The molecule has 1 aromatic carbocycles. The van der Waals surface area contributed by atoms with Gasteiger partial charge in [-0.05, 0) is 39.3 Å². The quantitative estimate of drug-likeness (QED) is 0.437. The first-order chi connectivity index (χ1) is 15.7. The van der Waals surface area contributed by atoms with Crippen LogP contribution in [0, 0.1) is 0 Å². The van der Waals surface area contributed by atoms with E-state index in [2.05, 4.69) is 5.32 Å². The van der Waals surface area contributed by atoms with E-state index in [0.717, 1.165) is 0 Å². The Labute approximate surface area is 192 Å². The molecule has 0 saturated carbocycles. The van der Waals surface area contributed by atoms with Crippen molar-refractivity contribution < 1.29 is 33.4 Å². The van der Waals surface area contributed by atoms with Crippen LogP contribution < -0.4 is 10.2 Å². The molecule has 2 aliphatic heterocycles. The van der Waals surface area contributed by atoms with Crippen molar-refractivity contribution in [3.8, 4) is 0 Å². The Morgan fingerprint density at radius 2 is 1.88 bits per heavy atom. The summed E-state index contributed by atoms with van der Waals surface area (Å²) in [6, 6.07) is 6.25. The van der Waals surface area contributed by atoms with Crippen LogP contribution >= 0.6 is 0 Å². The first-order valence-corrected chi connectivity index (χ1v) is 11.1. The summed E-state index contributed by atoms with van der Waals surface area (Å²) in [7, 11) is 0. The van der Waals surface area contributed by atoms with Gasteiger partial charge in [0.15, 0.2) is 6.61 Å². The van der Waals surface area contributed by atoms with Gasteiger partial charge in [0.2, 0.25) is 11.6 Å². The third-order valence-electron chi connectivity index (χ3n) is 5.66. The van der Waals surface area contributed by atoms with Gasteiger partial charge in [0, 0.05) is 31.8 Å². The van der Waals surface area contributed by atoms with Gasteiger partial charge >= 0.3 is 11.9 Å². The lowest BCUT2D eigenvalue weighted by Gasteiger charge is -2.50. The second-order valence-corrected chi connectivity index (χ2v) is 8.17. The van der Waals surface area contributed by atoms with E-state index >= 15 is 0 Å². The number of nitrogens with one attached hydrogen (secondary N) is 1. The number of para-hydroxylation sites is 1. The molecule has 10 heteroatoms. The van der Waals surface area contributed by atoms with E-state index in [4.69, 9.17) is 9.47 Å². The monoisotopic (exact) mass is 459 g/mol. The van der Waals surface area contributed by atoms with Gasteiger partial charge in [0.1, 0.15) is 0 Å². The molecular formula is C23H29N3O7. The molecule has 1 fully saturated rings. The Kier molecular flexibility index (Phi) is 7.35. The maximum Gasteiger partial charge on any atom is 0.354 e. The van der Waals surface area contributed by atoms with E-state index in [9.17, 15) is 24.0 Å². The fourth-order valence-electron chi connectivity index (χ4n) is 4.36. The number of benzene rings is 1. The van der Waals surface area contributed by atoms with Gasteiger partial charge in [-0.25, -0.2) is 4.79 Å². The fourth-order valence-corrected chi connectivity index (χ4v) is 4.36. The number of rotatable bonds is 9. The fraction of sp³-hybridized carbons (Fsp3) is 0.522. The number of nitrogens with zero attached hydrogens (tertiary/aromatic N) is 2. The highest BCUT2D eigenvalue weighted by Crippen LogP contribution is 2.45. The summed E-state index contributed by atoms with van der Waals surface area (Å²) in [5.74, 6) is -2.38. The van der Waals surface area contributed by atoms with Gasteiger partial charge in [0.05, 0.1) is 17.9 Å². The smallest absolute Gasteiger partial charge is 0.354 e. The molecule has 1 atom stereocenters. The van der Waals surface area contributed by atoms with E-state index in [-0.39, 0.29) is 43.6 Å². The third kappa shape index (κ3) is 4.55. The van der Waals surface area contributed by atoms with Crippen molar-refractivity contribution in [1.82, 2.24) is 10.2 Å². The van der Waals surface area contributed by atoms with E-state index in [0.29, 0.717) is 24.3 Å². The van der Waals surface area contributed by atoms with Gasteiger partial charge in [-0.15, -0.1) is 0 Å². The highest BCUT2D eigenvalue weighted by molar-refractivity contribution is 6.15. The van der Waals surface area contributed by atoms with Crippen molar-refractivity contribution >= 4 is 35.3 Å².